The van der Waals surface area contributed by atoms with Gasteiger partial charge in [0.1, 0.15) is 0 Å². The van der Waals surface area contributed by atoms with Crippen molar-refractivity contribution < 1.29 is 10.0 Å². The Morgan fingerprint density at radius 1 is 1.27 bits per heavy atom. The van der Waals surface area contributed by atoms with Gasteiger partial charge in [-0.25, -0.2) is 0 Å². The number of hydrogen-bond acceptors (Lipinski definition) is 4. The number of oxime groups is 1. The van der Waals surface area contributed by atoms with E-state index in [1.165, 1.54) is 11.3 Å². The van der Waals surface area contributed by atoms with Crippen LogP contribution in [0.15, 0.2) is 64.7 Å². The molecule has 0 bridgehead atoms. The van der Waals surface area contributed by atoms with Crippen molar-refractivity contribution >= 4 is 22.8 Å². The summed E-state index contributed by atoms with van der Waals surface area (Å²) < 4.78 is 0. The van der Waals surface area contributed by atoms with E-state index >= 15 is 0 Å². The molecule has 0 radical (unpaired) electrons. The Hall–Kier alpha value is -2.46. The second-order valence-corrected chi connectivity index (χ2v) is 7.79. The Labute approximate surface area is 159 Å². The second kappa shape index (κ2) is 8.28. The zero-order valence-electron chi connectivity index (χ0n) is 15.9. The summed E-state index contributed by atoms with van der Waals surface area (Å²) in [7, 11) is 0. The van der Waals surface area contributed by atoms with Crippen molar-refractivity contribution in [1.82, 2.24) is 0 Å². The molecule has 2 rings (SSSR count). The smallest absolute Gasteiger partial charge is 0.202 e. The number of nitrogens with zero attached hydrogens (tertiary/aromatic N) is 1. The first-order valence-electron chi connectivity index (χ1n) is 8.54. The predicted octanol–water partition coefficient (Wildman–Crippen LogP) is 5.92. The topological polar surface area (TPSA) is 49.7 Å². The molecule has 136 valence electrons. The third-order valence-corrected chi connectivity index (χ3v) is 5.24. The lowest BCUT2D eigenvalue weighted by Crippen LogP contribution is -2.18. The number of rotatable bonds is 6. The van der Waals surface area contributed by atoms with E-state index in [9.17, 15) is 4.79 Å². The molecule has 0 atom stereocenters. The molecule has 0 aliphatic heterocycles. The van der Waals surface area contributed by atoms with Crippen LogP contribution in [0.2, 0.25) is 0 Å². The molecule has 1 N–H and O–H groups in total. The Bertz CT molecular complexity index is 872. The molecule has 1 heterocycles. The minimum Gasteiger partial charge on any atom is -0.411 e. The molecule has 0 aliphatic rings. The summed E-state index contributed by atoms with van der Waals surface area (Å²) >= 11 is 1.45. The average molecular weight is 368 g/mol. The highest BCUT2D eigenvalue weighted by atomic mass is 32.1. The molecule has 0 aliphatic carbocycles. The number of allylic oxidation sites excluding steroid dienone is 4. The van der Waals surface area contributed by atoms with Gasteiger partial charge in [0.15, 0.2) is 0 Å². The van der Waals surface area contributed by atoms with Crippen LogP contribution in [0.3, 0.4) is 0 Å². The number of aryl methyl sites for hydroxylation is 1. The van der Waals surface area contributed by atoms with Gasteiger partial charge in [-0.1, -0.05) is 55.4 Å². The van der Waals surface area contributed by atoms with Crippen LogP contribution in [0.5, 0.6) is 0 Å². The number of carbonyl (C=O) groups excluding carboxylic acids is 1. The lowest BCUT2D eigenvalue weighted by atomic mass is 9.79. The van der Waals surface area contributed by atoms with E-state index in [0.717, 1.165) is 21.6 Å². The molecule has 3 nitrogen and oxygen atoms in total. The van der Waals surface area contributed by atoms with Gasteiger partial charge in [-0.2, -0.15) is 0 Å². The fourth-order valence-electron chi connectivity index (χ4n) is 2.98. The van der Waals surface area contributed by atoms with Crippen LogP contribution in [-0.2, 0) is 5.41 Å². The van der Waals surface area contributed by atoms with E-state index in [4.69, 9.17) is 5.21 Å². The van der Waals surface area contributed by atoms with Crippen molar-refractivity contribution in [3.63, 3.8) is 0 Å². The van der Waals surface area contributed by atoms with Gasteiger partial charge in [0.2, 0.25) is 5.78 Å². The number of carbonyl (C=O) groups is 1. The van der Waals surface area contributed by atoms with E-state index in [1.54, 1.807) is 6.92 Å². The van der Waals surface area contributed by atoms with E-state index in [2.05, 4.69) is 25.1 Å². The van der Waals surface area contributed by atoms with E-state index in [0.29, 0.717) is 11.3 Å². The Balaban J connectivity index is 2.52. The largest absolute Gasteiger partial charge is 0.411 e. The van der Waals surface area contributed by atoms with Gasteiger partial charge < -0.3 is 5.21 Å². The first-order chi connectivity index (χ1) is 12.3. The van der Waals surface area contributed by atoms with Crippen molar-refractivity contribution in [2.45, 2.75) is 40.0 Å². The highest BCUT2D eigenvalue weighted by Gasteiger charge is 2.23. The van der Waals surface area contributed by atoms with Crippen LogP contribution in [0.4, 0.5) is 0 Å². The molecule has 1 aromatic heterocycles. The maximum Gasteiger partial charge on any atom is 0.202 e. The van der Waals surface area contributed by atoms with Gasteiger partial charge in [0.05, 0.1) is 10.6 Å². The molecule has 0 fully saturated rings. The fourth-order valence-corrected chi connectivity index (χ4v) is 3.67. The molecule has 0 amide bonds. The van der Waals surface area contributed by atoms with Gasteiger partial charge in [-0.05, 0) is 55.0 Å². The predicted molar refractivity (Wildman–Crippen MR) is 110 cm³/mol. The second-order valence-electron chi connectivity index (χ2n) is 6.84. The third kappa shape index (κ3) is 4.38. The van der Waals surface area contributed by atoms with Crippen LogP contribution in [0.25, 0.3) is 0 Å². The summed E-state index contributed by atoms with van der Waals surface area (Å²) in [6.45, 7) is 9.95. The van der Waals surface area contributed by atoms with E-state index < -0.39 is 0 Å². The Kier molecular flexibility index (Phi) is 6.32. The highest BCUT2D eigenvalue weighted by Crippen LogP contribution is 2.31. The van der Waals surface area contributed by atoms with Gasteiger partial charge in [0, 0.05) is 11.0 Å². The Morgan fingerprint density at radius 3 is 2.58 bits per heavy atom. The van der Waals surface area contributed by atoms with E-state index in [1.807, 2.05) is 61.7 Å². The number of ketones is 1. The fraction of sp³-hybridized carbons (Fsp3) is 0.273. The van der Waals surface area contributed by atoms with Crippen molar-refractivity contribution in [3.8, 4) is 0 Å². The molecule has 2 aromatic rings. The molecule has 0 saturated carbocycles. The van der Waals surface area contributed by atoms with Crippen LogP contribution in [-0.4, -0.2) is 16.7 Å². The third-order valence-electron chi connectivity index (χ3n) is 4.37. The highest BCUT2D eigenvalue weighted by molar-refractivity contribution is 7.12. The van der Waals surface area contributed by atoms with Crippen LogP contribution in [0.1, 0.15) is 54.1 Å². The molecule has 0 spiro atoms. The SMILES string of the molecule is C\C=C/C(=C\C(C)(C)c1cc(C(=O)c2cccs2)ccc1C)C(/C)=N\O. The minimum absolute atomic E-state index is 0.0443. The van der Waals surface area contributed by atoms with Gasteiger partial charge in [0.25, 0.3) is 0 Å². The molecule has 26 heavy (non-hydrogen) atoms. The minimum atomic E-state index is -0.337. The molecular formula is C22H25NO2S. The monoisotopic (exact) mass is 367 g/mol. The van der Waals surface area contributed by atoms with Crippen molar-refractivity contribution in [2.75, 3.05) is 0 Å². The first-order valence-corrected chi connectivity index (χ1v) is 9.42. The molecule has 0 unspecified atom stereocenters. The van der Waals surface area contributed by atoms with Gasteiger partial charge in [-0.15, -0.1) is 11.3 Å². The summed E-state index contributed by atoms with van der Waals surface area (Å²) in [5, 5.41) is 14.4. The first kappa shape index (κ1) is 19.9. The van der Waals surface area contributed by atoms with Gasteiger partial charge in [-0.3, -0.25) is 4.79 Å². The van der Waals surface area contributed by atoms with Crippen LogP contribution >= 0.6 is 11.3 Å². The summed E-state index contributed by atoms with van der Waals surface area (Å²) in [5.41, 5.74) is 3.96. The zero-order chi connectivity index (χ0) is 19.3. The molecule has 4 heteroatoms. The normalized spacial score (nSPS) is 13.4. The average Bonchev–Trinajstić information content (AvgIpc) is 3.14. The quantitative estimate of drug-likeness (QED) is 0.227. The lowest BCUT2D eigenvalue weighted by molar-refractivity contribution is 0.104. The standard InChI is InChI=1S/C22H25NO2S/c1-6-8-18(16(3)23-25)14-22(4,5)19-13-17(11-10-15(19)2)21(24)20-9-7-12-26-20/h6-14,25H,1-5H3/b8-6-,18-14+,23-16-. The molecular weight excluding hydrogens is 342 g/mol. The maximum absolute atomic E-state index is 12.7. The zero-order valence-corrected chi connectivity index (χ0v) is 16.7. The summed E-state index contributed by atoms with van der Waals surface area (Å²) in [4.78, 5) is 13.5. The van der Waals surface area contributed by atoms with Crippen molar-refractivity contribution in [1.29, 1.82) is 0 Å². The summed E-state index contributed by atoms with van der Waals surface area (Å²) in [6.07, 6.45) is 5.91. The lowest BCUT2D eigenvalue weighted by Gasteiger charge is -2.25. The molecule has 1 aromatic carbocycles. The number of thiophene rings is 1. The van der Waals surface area contributed by atoms with Crippen LogP contribution < -0.4 is 0 Å². The number of hydrogen-bond donors (Lipinski definition) is 1. The maximum atomic E-state index is 12.7. The van der Waals surface area contributed by atoms with Gasteiger partial charge >= 0.3 is 0 Å². The number of benzene rings is 1. The van der Waals surface area contributed by atoms with Crippen molar-refractivity contribution in [3.05, 3.63) is 81.1 Å². The Morgan fingerprint density at radius 2 is 2.00 bits per heavy atom. The van der Waals surface area contributed by atoms with Crippen LogP contribution in [0, 0.1) is 6.92 Å². The molecule has 0 saturated heterocycles. The van der Waals surface area contributed by atoms with E-state index in [-0.39, 0.29) is 11.2 Å². The summed E-state index contributed by atoms with van der Waals surface area (Å²) in [5.74, 6) is 0.0443. The summed E-state index contributed by atoms with van der Waals surface area (Å²) in [6, 6.07) is 9.59. The van der Waals surface area contributed by atoms with Crippen molar-refractivity contribution in [2.24, 2.45) is 5.16 Å².